The summed E-state index contributed by atoms with van der Waals surface area (Å²) in [7, 11) is 0. The molecule has 1 aromatic rings. The molecule has 20 heavy (non-hydrogen) atoms. The van der Waals surface area contributed by atoms with E-state index in [1.165, 1.54) is 5.56 Å². The van der Waals surface area contributed by atoms with Crippen LogP contribution in [0.15, 0.2) is 18.2 Å². The summed E-state index contributed by atoms with van der Waals surface area (Å²) in [6.07, 6.45) is 1.54. The van der Waals surface area contributed by atoms with E-state index in [1.807, 2.05) is 12.1 Å². The monoisotopic (exact) mass is 294 g/mol. The molecule has 0 amide bonds. The van der Waals surface area contributed by atoms with Crippen molar-refractivity contribution in [1.29, 1.82) is 0 Å². The Labute approximate surface area is 126 Å². The minimum atomic E-state index is -0.381. The van der Waals surface area contributed by atoms with Gasteiger partial charge in [-0.3, -0.25) is 0 Å². The van der Waals surface area contributed by atoms with Gasteiger partial charge in [-0.15, -0.1) is 12.6 Å². The Balaban J connectivity index is 1.97. The molecule has 4 heteroatoms. The van der Waals surface area contributed by atoms with Crippen LogP contribution >= 0.6 is 12.6 Å². The van der Waals surface area contributed by atoms with Crippen molar-refractivity contribution in [3.63, 3.8) is 0 Å². The van der Waals surface area contributed by atoms with Gasteiger partial charge in [-0.05, 0) is 46.1 Å². The van der Waals surface area contributed by atoms with Gasteiger partial charge >= 0.3 is 0 Å². The second kappa shape index (κ2) is 4.65. The van der Waals surface area contributed by atoms with Crippen LogP contribution in [0.1, 0.15) is 51.5 Å². The van der Waals surface area contributed by atoms with Crippen molar-refractivity contribution in [2.45, 2.75) is 63.5 Å². The average Bonchev–Trinajstić information content (AvgIpc) is 2.57. The molecule has 1 fully saturated rings. The predicted molar refractivity (Wildman–Crippen MR) is 81.2 cm³/mol. The summed E-state index contributed by atoms with van der Waals surface area (Å²) in [4.78, 5) is 0. The van der Waals surface area contributed by atoms with Gasteiger partial charge in [-0.2, -0.15) is 0 Å². The highest BCUT2D eigenvalue weighted by Gasteiger charge is 2.50. The Morgan fingerprint density at radius 2 is 1.75 bits per heavy atom. The molecule has 2 heterocycles. The quantitative estimate of drug-likeness (QED) is 0.797. The lowest BCUT2D eigenvalue weighted by atomic mass is 9.90. The highest BCUT2D eigenvalue weighted by molar-refractivity contribution is 7.80. The van der Waals surface area contributed by atoms with E-state index in [9.17, 15) is 0 Å². The van der Waals surface area contributed by atoms with Gasteiger partial charge in [0.2, 0.25) is 0 Å². The van der Waals surface area contributed by atoms with Crippen LogP contribution in [0.4, 0.5) is 0 Å². The van der Waals surface area contributed by atoms with E-state index in [0.717, 1.165) is 24.2 Å². The molecule has 2 aliphatic rings. The summed E-state index contributed by atoms with van der Waals surface area (Å²) in [6, 6.07) is 6.16. The molecule has 0 bridgehead atoms. The summed E-state index contributed by atoms with van der Waals surface area (Å²) in [5.74, 6) is 0.886. The lowest BCUT2D eigenvalue weighted by Crippen LogP contribution is -2.41. The number of aryl methyl sites for hydroxylation is 1. The maximum absolute atomic E-state index is 6.12. The molecular weight excluding hydrogens is 272 g/mol. The molecule has 0 spiro atoms. The summed E-state index contributed by atoms with van der Waals surface area (Å²) in [5, 5.41) is 0. The smallest absolute Gasteiger partial charge is 0.188 e. The van der Waals surface area contributed by atoms with Gasteiger partial charge in [0.1, 0.15) is 11.2 Å². The first kappa shape index (κ1) is 14.2. The molecule has 1 unspecified atom stereocenters. The number of rotatable bonds is 1. The number of hydrogen-bond donors (Lipinski definition) is 1. The summed E-state index contributed by atoms with van der Waals surface area (Å²) in [5.41, 5.74) is 1.46. The van der Waals surface area contributed by atoms with Crippen LogP contribution in [0, 0.1) is 0 Å². The largest absolute Gasteiger partial charge is 0.479 e. The second-order valence-corrected chi connectivity index (χ2v) is 7.11. The van der Waals surface area contributed by atoms with Gasteiger partial charge in [0, 0.05) is 0 Å². The minimum Gasteiger partial charge on any atom is -0.479 e. The summed E-state index contributed by atoms with van der Waals surface area (Å²) >= 11 is 4.44. The third kappa shape index (κ3) is 2.24. The van der Waals surface area contributed by atoms with Gasteiger partial charge in [-0.1, -0.05) is 18.2 Å². The van der Waals surface area contributed by atoms with Crippen molar-refractivity contribution < 1.29 is 14.2 Å². The van der Waals surface area contributed by atoms with Crippen molar-refractivity contribution in [1.82, 2.24) is 0 Å². The first-order valence-electron chi connectivity index (χ1n) is 7.12. The van der Waals surface area contributed by atoms with Crippen molar-refractivity contribution >= 4 is 12.6 Å². The van der Waals surface area contributed by atoms with Crippen LogP contribution in [-0.4, -0.2) is 16.6 Å². The molecular formula is C16H22O3S. The van der Waals surface area contributed by atoms with Crippen LogP contribution in [0.2, 0.25) is 0 Å². The normalized spacial score (nSPS) is 27.9. The van der Waals surface area contributed by atoms with Crippen LogP contribution in [-0.2, 0) is 15.9 Å². The summed E-state index contributed by atoms with van der Waals surface area (Å²) in [6.45, 7) is 8.24. The molecule has 2 aliphatic heterocycles. The molecule has 3 rings (SSSR count). The topological polar surface area (TPSA) is 27.7 Å². The Hall–Kier alpha value is -0.710. The number of benzene rings is 1. The third-order valence-electron chi connectivity index (χ3n) is 4.55. The van der Waals surface area contributed by atoms with Crippen molar-refractivity contribution in [3.05, 3.63) is 29.3 Å². The number of fused-ring (bicyclic) bond motifs is 1. The first-order valence-corrected chi connectivity index (χ1v) is 7.64. The van der Waals surface area contributed by atoms with Crippen molar-refractivity contribution in [3.8, 4) is 5.75 Å². The van der Waals surface area contributed by atoms with E-state index >= 15 is 0 Å². The Kier molecular flexibility index (Phi) is 3.31. The standard InChI is InChI=1S/C16H22O3S/c1-15(2)16(3,4)19-14(18-15)11-7-5-6-10-8-9-12(20)17-13(10)11/h5-7,12,14,20H,8-9H2,1-4H3. The van der Waals surface area contributed by atoms with Gasteiger partial charge in [-0.25, -0.2) is 0 Å². The average molecular weight is 294 g/mol. The molecule has 0 radical (unpaired) electrons. The molecule has 1 atom stereocenters. The zero-order chi connectivity index (χ0) is 14.5. The molecule has 0 aromatic heterocycles. The van der Waals surface area contributed by atoms with Crippen molar-refractivity contribution in [2.75, 3.05) is 0 Å². The van der Waals surface area contributed by atoms with E-state index in [2.05, 4.69) is 46.4 Å². The maximum Gasteiger partial charge on any atom is 0.188 e. The molecule has 0 aliphatic carbocycles. The molecule has 1 aromatic carbocycles. The number of thiol groups is 1. The van der Waals surface area contributed by atoms with Crippen LogP contribution in [0.5, 0.6) is 5.75 Å². The first-order chi connectivity index (χ1) is 9.30. The predicted octanol–water partition coefficient (Wildman–Crippen LogP) is 3.87. The Morgan fingerprint density at radius 3 is 2.40 bits per heavy atom. The zero-order valence-corrected chi connectivity index (χ0v) is 13.4. The maximum atomic E-state index is 6.12. The fourth-order valence-electron chi connectivity index (χ4n) is 2.57. The minimum absolute atomic E-state index is 0.0499. The van der Waals surface area contributed by atoms with E-state index in [0.29, 0.717) is 0 Å². The SMILES string of the molecule is CC1(C)OC(c2cccc3c2OC(S)CC3)OC1(C)C. The molecule has 0 saturated carbocycles. The zero-order valence-electron chi connectivity index (χ0n) is 12.5. The molecule has 0 N–H and O–H groups in total. The van der Waals surface area contributed by atoms with Gasteiger partial charge in [0.25, 0.3) is 0 Å². The second-order valence-electron chi connectivity index (χ2n) is 6.53. The van der Waals surface area contributed by atoms with E-state index in [-0.39, 0.29) is 22.9 Å². The Bertz CT molecular complexity index is 508. The van der Waals surface area contributed by atoms with Gasteiger partial charge < -0.3 is 14.2 Å². The van der Waals surface area contributed by atoms with Crippen LogP contribution < -0.4 is 4.74 Å². The fourth-order valence-corrected chi connectivity index (χ4v) is 2.81. The van der Waals surface area contributed by atoms with Crippen LogP contribution in [0.25, 0.3) is 0 Å². The number of para-hydroxylation sites is 1. The molecule has 110 valence electrons. The lowest BCUT2D eigenvalue weighted by molar-refractivity contribution is -0.0910. The highest BCUT2D eigenvalue weighted by atomic mass is 32.1. The van der Waals surface area contributed by atoms with E-state index < -0.39 is 0 Å². The fraction of sp³-hybridized carbons (Fsp3) is 0.625. The number of ether oxygens (including phenoxy) is 3. The van der Waals surface area contributed by atoms with Gasteiger partial charge in [0.15, 0.2) is 6.29 Å². The van der Waals surface area contributed by atoms with E-state index in [4.69, 9.17) is 14.2 Å². The third-order valence-corrected chi connectivity index (χ3v) is 4.91. The summed E-state index contributed by atoms with van der Waals surface area (Å²) < 4.78 is 18.2. The van der Waals surface area contributed by atoms with Crippen molar-refractivity contribution in [2.24, 2.45) is 0 Å². The van der Waals surface area contributed by atoms with Gasteiger partial charge in [0.05, 0.1) is 16.8 Å². The Morgan fingerprint density at radius 1 is 1.10 bits per heavy atom. The molecule has 1 saturated heterocycles. The van der Waals surface area contributed by atoms with E-state index in [1.54, 1.807) is 0 Å². The molecule has 3 nitrogen and oxygen atoms in total. The highest BCUT2D eigenvalue weighted by Crippen LogP contribution is 2.48. The lowest BCUT2D eigenvalue weighted by Gasteiger charge is -2.30. The van der Waals surface area contributed by atoms with Crippen LogP contribution in [0.3, 0.4) is 0 Å². The number of hydrogen-bond acceptors (Lipinski definition) is 4.